The van der Waals surface area contributed by atoms with E-state index in [2.05, 4.69) is 45.0 Å². The number of hydrogen-bond donors (Lipinski definition) is 3. The van der Waals surface area contributed by atoms with E-state index in [0.717, 1.165) is 29.1 Å². The fourth-order valence-corrected chi connectivity index (χ4v) is 2.35. The Morgan fingerprint density at radius 3 is 2.95 bits per heavy atom. The van der Waals surface area contributed by atoms with Gasteiger partial charge in [-0.15, -0.1) is 0 Å². The molecule has 3 rings (SSSR count). The van der Waals surface area contributed by atoms with Crippen LogP contribution in [0.5, 0.6) is 0 Å². The van der Waals surface area contributed by atoms with Gasteiger partial charge in [-0.3, -0.25) is 0 Å². The van der Waals surface area contributed by atoms with Crippen LogP contribution in [0.4, 0.5) is 11.5 Å². The van der Waals surface area contributed by atoms with E-state index >= 15 is 0 Å². The zero-order valence-corrected chi connectivity index (χ0v) is 11.7. The van der Waals surface area contributed by atoms with Gasteiger partial charge in [0.05, 0.1) is 0 Å². The SMILES string of the molecule is CNCc1c[nH]c2cc(Nc3ncccc3C)ccc12. The zero-order chi connectivity index (χ0) is 13.9. The first-order valence-electron chi connectivity index (χ1n) is 6.71. The molecule has 3 aromatic rings. The summed E-state index contributed by atoms with van der Waals surface area (Å²) in [6.45, 7) is 2.92. The summed E-state index contributed by atoms with van der Waals surface area (Å²) >= 11 is 0. The highest BCUT2D eigenvalue weighted by molar-refractivity contribution is 5.86. The highest BCUT2D eigenvalue weighted by Gasteiger charge is 2.05. The molecule has 4 heteroatoms. The van der Waals surface area contributed by atoms with Gasteiger partial charge in [-0.05, 0) is 43.3 Å². The topological polar surface area (TPSA) is 52.7 Å². The van der Waals surface area contributed by atoms with Crippen molar-refractivity contribution in [2.75, 3.05) is 12.4 Å². The minimum absolute atomic E-state index is 0.867. The van der Waals surface area contributed by atoms with Crippen molar-refractivity contribution in [2.45, 2.75) is 13.5 Å². The Labute approximate surface area is 118 Å². The van der Waals surface area contributed by atoms with Gasteiger partial charge in [0.1, 0.15) is 5.82 Å². The predicted octanol–water partition coefficient (Wildman–Crippen LogP) is 3.33. The molecule has 0 atom stereocenters. The van der Waals surface area contributed by atoms with Gasteiger partial charge in [0, 0.05) is 35.5 Å². The third-order valence-electron chi connectivity index (χ3n) is 3.41. The minimum atomic E-state index is 0.867. The molecule has 3 N–H and O–H groups in total. The lowest BCUT2D eigenvalue weighted by atomic mass is 10.1. The fourth-order valence-electron chi connectivity index (χ4n) is 2.35. The van der Waals surface area contributed by atoms with Gasteiger partial charge >= 0.3 is 0 Å². The lowest BCUT2D eigenvalue weighted by Crippen LogP contribution is -2.03. The Morgan fingerprint density at radius 1 is 1.25 bits per heavy atom. The second kappa shape index (κ2) is 5.35. The summed E-state index contributed by atoms with van der Waals surface area (Å²) in [6.07, 6.45) is 3.85. The van der Waals surface area contributed by atoms with E-state index in [1.807, 2.05) is 26.1 Å². The summed E-state index contributed by atoms with van der Waals surface area (Å²) in [5.74, 6) is 0.897. The monoisotopic (exact) mass is 266 g/mol. The van der Waals surface area contributed by atoms with E-state index in [4.69, 9.17) is 0 Å². The van der Waals surface area contributed by atoms with Gasteiger partial charge in [0.25, 0.3) is 0 Å². The standard InChI is InChI=1S/C16H18N4/c1-11-4-3-7-18-16(11)20-13-5-6-14-12(9-17-2)10-19-15(14)8-13/h3-8,10,17,19H,9H2,1-2H3,(H,18,20). The first-order valence-corrected chi connectivity index (χ1v) is 6.71. The van der Waals surface area contributed by atoms with Crippen molar-refractivity contribution in [1.29, 1.82) is 0 Å². The van der Waals surface area contributed by atoms with Gasteiger partial charge < -0.3 is 15.6 Å². The minimum Gasteiger partial charge on any atom is -0.361 e. The number of benzene rings is 1. The number of H-pyrrole nitrogens is 1. The molecule has 0 unspecified atom stereocenters. The fraction of sp³-hybridized carbons (Fsp3) is 0.188. The average molecular weight is 266 g/mol. The zero-order valence-electron chi connectivity index (χ0n) is 11.7. The first kappa shape index (κ1) is 12.7. The molecule has 0 amide bonds. The van der Waals surface area contributed by atoms with Gasteiger partial charge in [0.2, 0.25) is 0 Å². The molecule has 102 valence electrons. The molecule has 1 aromatic carbocycles. The largest absolute Gasteiger partial charge is 0.361 e. The maximum Gasteiger partial charge on any atom is 0.133 e. The van der Waals surface area contributed by atoms with Crippen LogP contribution in [0.25, 0.3) is 10.9 Å². The number of aryl methyl sites for hydroxylation is 1. The Hall–Kier alpha value is -2.33. The van der Waals surface area contributed by atoms with E-state index in [1.165, 1.54) is 10.9 Å². The number of hydrogen-bond acceptors (Lipinski definition) is 3. The Bertz CT molecular complexity index is 730. The highest BCUT2D eigenvalue weighted by Crippen LogP contribution is 2.24. The van der Waals surface area contributed by atoms with Crippen LogP contribution in [-0.2, 0) is 6.54 Å². The summed E-state index contributed by atoms with van der Waals surface area (Å²) in [7, 11) is 1.96. The van der Waals surface area contributed by atoms with Crippen LogP contribution in [0, 0.1) is 6.92 Å². The molecule has 20 heavy (non-hydrogen) atoms. The number of nitrogens with one attached hydrogen (secondary N) is 3. The van der Waals surface area contributed by atoms with E-state index < -0.39 is 0 Å². The van der Waals surface area contributed by atoms with Crippen LogP contribution in [0.2, 0.25) is 0 Å². The molecule has 0 fully saturated rings. The summed E-state index contributed by atoms with van der Waals surface area (Å²) in [4.78, 5) is 7.67. The Morgan fingerprint density at radius 2 is 2.15 bits per heavy atom. The molecule has 0 spiro atoms. The molecule has 0 saturated carbocycles. The lowest BCUT2D eigenvalue weighted by Gasteiger charge is -2.08. The smallest absolute Gasteiger partial charge is 0.133 e. The van der Waals surface area contributed by atoms with Gasteiger partial charge in [-0.1, -0.05) is 12.1 Å². The summed E-state index contributed by atoms with van der Waals surface area (Å²) < 4.78 is 0. The molecule has 2 aromatic heterocycles. The van der Waals surface area contributed by atoms with Crippen LogP contribution in [0.15, 0.2) is 42.7 Å². The molecule has 0 aliphatic heterocycles. The molecule has 0 bridgehead atoms. The van der Waals surface area contributed by atoms with Crippen LogP contribution in [0.3, 0.4) is 0 Å². The second-order valence-corrected chi connectivity index (χ2v) is 4.90. The summed E-state index contributed by atoms with van der Waals surface area (Å²) in [5, 5.41) is 7.79. The van der Waals surface area contributed by atoms with Crippen molar-refractivity contribution in [3.63, 3.8) is 0 Å². The molecule has 0 aliphatic rings. The first-order chi connectivity index (χ1) is 9.78. The van der Waals surface area contributed by atoms with Crippen molar-refractivity contribution >= 4 is 22.4 Å². The normalized spacial score (nSPS) is 10.9. The summed E-state index contributed by atoms with van der Waals surface area (Å²) in [5.41, 5.74) is 4.59. The van der Waals surface area contributed by atoms with E-state index in [9.17, 15) is 0 Å². The third kappa shape index (κ3) is 2.38. The average Bonchev–Trinajstić information content (AvgIpc) is 2.85. The molecule has 0 saturated heterocycles. The molecule has 0 radical (unpaired) electrons. The third-order valence-corrected chi connectivity index (χ3v) is 3.41. The number of anilines is 2. The van der Waals surface area contributed by atoms with E-state index in [0.29, 0.717) is 0 Å². The lowest BCUT2D eigenvalue weighted by molar-refractivity contribution is 0.823. The summed E-state index contributed by atoms with van der Waals surface area (Å²) in [6, 6.07) is 10.3. The second-order valence-electron chi connectivity index (χ2n) is 4.90. The molecule has 2 heterocycles. The number of pyridine rings is 1. The predicted molar refractivity (Wildman–Crippen MR) is 83.3 cm³/mol. The van der Waals surface area contributed by atoms with Crippen LogP contribution in [-0.4, -0.2) is 17.0 Å². The maximum absolute atomic E-state index is 4.36. The Balaban J connectivity index is 1.92. The van der Waals surface area contributed by atoms with Crippen molar-refractivity contribution in [1.82, 2.24) is 15.3 Å². The van der Waals surface area contributed by atoms with E-state index in [1.54, 1.807) is 6.20 Å². The number of rotatable bonds is 4. The van der Waals surface area contributed by atoms with Gasteiger partial charge in [-0.25, -0.2) is 4.98 Å². The van der Waals surface area contributed by atoms with Crippen molar-refractivity contribution in [3.05, 3.63) is 53.9 Å². The number of aromatic nitrogens is 2. The number of aromatic amines is 1. The van der Waals surface area contributed by atoms with Gasteiger partial charge in [-0.2, -0.15) is 0 Å². The number of fused-ring (bicyclic) bond motifs is 1. The molecule has 4 nitrogen and oxygen atoms in total. The van der Waals surface area contributed by atoms with E-state index in [-0.39, 0.29) is 0 Å². The molecule has 0 aliphatic carbocycles. The molecular formula is C16H18N4. The van der Waals surface area contributed by atoms with Gasteiger partial charge in [0.15, 0.2) is 0 Å². The van der Waals surface area contributed by atoms with Crippen molar-refractivity contribution in [3.8, 4) is 0 Å². The van der Waals surface area contributed by atoms with Crippen molar-refractivity contribution in [2.24, 2.45) is 0 Å². The number of nitrogens with zero attached hydrogens (tertiary/aromatic N) is 1. The quantitative estimate of drug-likeness (QED) is 0.679. The van der Waals surface area contributed by atoms with Crippen LogP contribution < -0.4 is 10.6 Å². The van der Waals surface area contributed by atoms with Crippen molar-refractivity contribution < 1.29 is 0 Å². The maximum atomic E-state index is 4.36. The van der Waals surface area contributed by atoms with Crippen LogP contribution in [0.1, 0.15) is 11.1 Å². The highest BCUT2D eigenvalue weighted by atomic mass is 15.0. The molecular weight excluding hydrogens is 248 g/mol. The van der Waals surface area contributed by atoms with Crippen LogP contribution >= 0.6 is 0 Å². The Kier molecular flexibility index (Phi) is 3.39.